The molecule has 1 aliphatic rings. The molecule has 0 aliphatic carbocycles. The third kappa shape index (κ3) is 3.61. The van der Waals surface area contributed by atoms with Crippen LogP contribution in [0.3, 0.4) is 0 Å². The third-order valence-electron chi connectivity index (χ3n) is 4.12. The number of halogens is 2. The largest absolute Gasteiger partial charge is 0.486 e. The molecular formula is C18H15ClFN5O3. The number of aromatic nitrogens is 4. The Morgan fingerprint density at radius 3 is 2.89 bits per heavy atom. The van der Waals surface area contributed by atoms with Crippen molar-refractivity contribution >= 4 is 23.2 Å². The number of anilines is 1. The maximum absolute atomic E-state index is 14.2. The topological polar surface area (TPSA) is 91.2 Å². The van der Waals surface area contributed by atoms with Gasteiger partial charge in [-0.2, -0.15) is 4.68 Å². The molecule has 1 aromatic heterocycles. The average Bonchev–Trinajstić information content (AvgIpc) is 3.09. The number of carbonyl (C=O) groups excluding carboxylic acids is 1. The van der Waals surface area contributed by atoms with E-state index in [1.807, 2.05) is 0 Å². The summed E-state index contributed by atoms with van der Waals surface area (Å²) >= 11 is 6.19. The summed E-state index contributed by atoms with van der Waals surface area (Å²) in [5.74, 6) is 0.520. The minimum Gasteiger partial charge on any atom is -0.486 e. The van der Waals surface area contributed by atoms with E-state index in [4.69, 9.17) is 21.1 Å². The van der Waals surface area contributed by atoms with Gasteiger partial charge in [0.2, 0.25) is 5.91 Å². The highest BCUT2D eigenvalue weighted by Gasteiger charge is 2.18. The molecule has 0 unspecified atom stereocenters. The number of ether oxygens (including phenoxy) is 2. The second kappa shape index (κ2) is 7.43. The van der Waals surface area contributed by atoms with Crippen LogP contribution in [0.25, 0.3) is 5.69 Å². The Morgan fingerprint density at radius 1 is 1.29 bits per heavy atom. The molecule has 1 amide bonds. The number of tetrazole rings is 1. The summed E-state index contributed by atoms with van der Waals surface area (Å²) in [5, 5.41) is 14.1. The smallest absolute Gasteiger partial charge is 0.228 e. The lowest BCUT2D eigenvalue weighted by molar-refractivity contribution is -0.115. The molecule has 2 heterocycles. The van der Waals surface area contributed by atoms with E-state index in [9.17, 15) is 9.18 Å². The Hall–Kier alpha value is -3.20. The summed E-state index contributed by atoms with van der Waals surface area (Å²) in [6.45, 7) is 2.55. The first kappa shape index (κ1) is 18.2. The molecule has 0 fully saturated rings. The van der Waals surface area contributed by atoms with E-state index in [2.05, 4.69) is 20.8 Å². The number of benzene rings is 2. The highest BCUT2D eigenvalue weighted by atomic mass is 35.5. The van der Waals surface area contributed by atoms with Crippen molar-refractivity contribution in [3.8, 4) is 17.2 Å². The van der Waals surface area contributed by atoms with Crippen LogP contribution in [0.15, 0.2) is 30.3 Å². The Labute approximate surface area is 164 Å². The maximum Gasteiger partial charge on any atom is 0.228 e. The molecule has 0 atom stereocenters. The van der Waals surface area contributed by atoms with Crippen LogP contribution in [-0.2, 0) is 11.2 Å². The number of nitrogens with zero attached hydrogens (tertiary/aromatic N) is 4. The Bertz CT molecular complexity index is 1060. The van der Waals surface area contributed by atoms with Crippen LogP contribution in [0.1, 0.15) is 11.4 Å². The lowest BCUT2D eigenvalue weighted by atomic mass is 10.1. The van der Waals surface area contributed by atoms with Gasteiger partial charge in [-0.1, -0.05) is 11.6 Å². The van der Waals surface area contributed by atoms with Crippen LogP contribution in [-0.4, -0.2) is 39.3 Å². The summed E-state index contributed by atoms with van der Waals surface area (Å²) < 4.78 is 26.6. The first-order valence-electron chi connectivity index (χ1n) is 8.44. The maximum atomic E-state index is 14.2. The molecule has 0 radical (unpaired) electrons. The van der Waals surface area contributed by atoms with E-state index in [1.54, 1.807) is 19.1 Å². The fraction of sp³-hybridized carbons (Fsp3) is 0.222. The predicted molar refractivity (Wildman–Crippen MR) is 98.6 cm³/mol. The molecule has 1 aliphatic heterocycles. The minimum absolute atomic E-state index is 0.00998. The Morgan fingerprint density at radius 2 is 2.11 bits per heavy atom. The Kier molecular flexibility index (Phi) is 4.82. The molecule has 0 saturated heterocycles. The highest BCUT2D eigenvalue weighted by Crippen LogP contribution is 2.38. The van der Waals surface area contributed by atoms with E-state index in [1.165, 1.54) is 22.9 Å². The van der Waals surface area contributed by atoms with Gasteiger partial charge in [0.15, 0.2) is 17.3 Å². The second-order valence-corrected chi connectivity index (χ2v) is 6.54. The van der Waals surface area contributed by atoms with Gasteiger partial charge in [0.25, 0.3) is 0 Å². The molecule has 3 aromatic rings. The number of rotatable bonds is 4. The van der Waals surface area contributed by atoms with Crippen LogP contribution in [0.5, 0.6) is 11.5 Å². The van der Waals surface area contributed by atoms with Gasteiger partial charge < -0.3 is 14.8 Å². The van der Waals surface area contributed by atoms with Crippen molar-refractivity contribution in [2.24, 2.45) is 0 Å². The third-order valence-corrected chi connectivity index (χ3v) is 4.40. The number of carbonyl (C=O) groups is 1. The van der Waals surface area contributed by atoms with E-state index in [0.29, 0.717) is 46.8 Å². The number of hydrogen-bond acceptors (Lipinski definition) is 6. The zero-order valence-electron chi connectivity index (χ0n) is 14.8. The van der Waals surface area contributed by atoms with Crippen molar-refractivity contribution < 1.29 is 18.7 Å². The van der Waals surface area contributed by atoms with E-state index in [0.717, 1.165) is 0 Å². The van der Waals surface area contributed by atoms with Crippen molar-refractivity contribution in [1.29, 1.82) is 0 Å². The van der Waals surface area contributed by atoms with Crippen molar-refractivity contribution in [2.45, 2.75) is 13.3 Å². The molecule has 2 aromatic carbocycles. The summed E-state index contributed by atoms with van der Waals surface area (Å²) in [6, 6.07) is 7.55. The van der Waals surface area contributed by atoms with Crippen molar-refractivity contribution in [3.63, 3.8) is 0 Å². The van der Waals surface area contributed by atoms with Crippen LogP contribution in [0.4, 0.5) is 10.1 Å². The average molecular weight is 404 g/mol. The fourth-order valence-corrected chi connectivity index (χ4v) is 3.15. The van der Waals surface area contributed by atoms with Crippen molar-refractivity contribution in [2.75, 3.05) is 18.5 Å². The molecule has 28 heavy (non-hydrogen) atoms. The van der Waals surface area contributed by atoms with Crippen LogP contribution in [0.2, 0.25) is 5.02 Å². The van der Waals surface area contributed by atoms with Crippen molar-refractivity contribution in [1.82, 2.24) is 20.2 Å². The number of nitrogens with one attached hydrogen (secondary N) is 1. The van der Waals surface area contributed by atoms with E-state index in [-0.39, 0.29) is 12.1 Å². The fourth-order valence-electron chi connectivity index (χ4n) is 2.86. The van der Waals surface area contributed by atoms with E-state index >= 15 is 0 Å². The van der Waals surface area contributed by atoms with Gasteiger partial charge in [-0.25, -0.2) is 4.39 Å². The molecule has 1 N–H and O–H groups in total. The number of aryl methyl sites for hydroxylation is 1. The standard InChI is InChI=1S/C18H15ClFN5O3/c1-10-22-23-24-25(10)12-2-3-14(20)15(9-12)21-17(26)8-11-6-13(19)18-16(7-11)27-4-5-28-18/h2-3,6-7,9H,4-5,8H2,1H3,(H,21,26). The zero-order valence-corrected chi connectivity index (χ0v) is 15.5. The normalized spacial score (nSPS) is 12.7. The molecule has 8 nitrogen and oxygen atoms in total. The quantitative estimate of drug-likeness (QED) is 0.720. The van der Waals surface area contributed by atoms with Gasteiger partial charge in [0, 0.05) is 0 Å². The van der Waals surface area contributed by atoms with Crippen molar-refractivity contribution in [3.05, 3.63) is 52.6 Å². The highest BCUT2D eigenvalue weighted by molar-refractivity contribution is 6.32. The molecule has 4 rings (SSSR count). The van der Waals surface area contributed by atoms with Crippen LogP contribution in [0, 0.1) is 12.7 Å². The lowest BCUT2D eigenvalue weighted by Gasteiger charge is -2.20. The first-order valence-corrected chi connectivity index (χ1v) is 8.82. The predicted octanol–water partition coefficient (Wildman–Crippen LogP) is 2.72. The van der Waals surface area contributed by atoms with Gasteiger partial charge in [-0.3, -0.25) is 4.79 Å². The summed E-state index contributed by atoms with van der Waals surface area (Å²) in [5.41, 5.74) is 1.18. The number of amides is 1. The molecule has 10 heteroatoms. The SMILES string of the molecule is Cc1nnnn1-c1ccc(F)c(NC(=O)Cc2cc(Cl)c3c(c2)OCCO3)c1. The van der Waals surface area contributed by atoms with Gasteiger partial charge in [0.1, 0.15) is 19.0 Å². The Balaban J connectivity index is 1.53. The number of fused-ring (bicyclic) bond motifs is 1. The second-order valence-electron chi connectivity index (χ2n) is 6.13. The molecule has 0 spiro atoms. The molecular weight excluding hydrogens is 389 g/mol. The van der Waals surface area contributed by atoms with E-state index < -0.39 is 11.7 Å². The summed E-state index contributed by atoms with van der Waals surface area (Å²) in [7, 11) is 0. The lowest BCUT2D eigenvalue weighted by Crippen LogP contribution is -2.18. The van der Waals surface area contributed by atoms with Gasteiger partial charge >= 0.3 is 0 Å². The summed E-state index contributed by atoms with van der Waals surface area (Å²) in [4.78, 5) is 12.4. The minimum atomic E-state index is -0.567. The zero-order chi connectivity index (χ0) is 19.7. The van der Waals surface area contributed by atoms with Gasteiger partial charge in [-0.05, 0) is 53.2 Å². The van der Waals surface area contributed by atoms with Gasteiger partial charge in [0.05, 0.1) is 22.8 Å². The number of hydrogen-bond donors (Lipinski definition) is 1. The summed E-state index contributed by atoms with van der Waals surface area (Å²) in [6.07, 6.45) is -0.00998. The van der Waals surface area contributed by atoms with Crippen LogP contribution < -0.4 is 14.8 Å². The first-order chi connectivity index (χ1) is 13.5. The molecule has 0 saturated carbocycles. The molecule has 144 valence electrons. The molecule has 0 bridgehead atoms. The van der Waals surface area contributed by atoms with Gasteiger partial charge in [-0.15, -0.1) is 5.10 Å². The van der Waals surface area contributed by atoms with Crippen LogP contribution >= 0.6 is 11.6 Å². The monoisotopic (exact) mass is 403 g/mol.